The van der Waals surface area contributed by atoms with E-state index < -0.39 is 0 Å². The average molecular weight is 276 g/mol. The molecule has 0 aliphatic carbocycles. The Morgan fingerprint density at radius 2 is 1.62 bits per heavy atom. The van der Waals surface area contributed by atoms with E-state index in [9.17, 15) is 4.79 Å². The van der Waals surface area contributed by atoms with Crippen LogP contribution in [-0.2, 0) is 13.0 Å². The summed E-state index contributed by atoms with van der Waals surface area (Å²) >= 11 is 0. The molecule has 104 valence electrons. The zero-order valence-corrected chi connectivity index (χ0v) is 11.6. The van der Waals surface area contributed by atoms with Gasteiger partial charge in [0.25, 0.3) is 0 Å². The van der Waals surface area contributed by atoms with E-state index in [2.05, 4.69) is 17.2 Å². The van der Waals surface area contributed by atoms with Crippen LogP contribution in [0.3, 0.4) is 0 Å². The van der Waals surface area contributed by atoms with Crippen LogP contribution in [0.5, 0.6) is 0 Å². The Morgan fingerprint density at radius 1 is 0.952 bits per heavy atom. The van der Waals surface area contributed by atoms with Crippen molar-refractivity contribution in [2.75, 3.05) is 0 Å². The maximum absolute atomic E-state index is 11.2. The smallest absolute Gasteiger partial charge is 0.153 e. The van der Waals surface area contributed by atoms with Gasteiger partial charge >= 0.3 is 0 Å². The second-order valence-corrected chi connectivity index (χ2v) is 4.92. The van der Waals surface area contributed by atoms with Gasteiger partial charge in [0.1, 0.15) is 5.69 Å². The first kappa shape index (κ1) is 13.3. The third-order valence-corrected chi connectivity index (χ3v) is 3.44. The molecule has 0 spiro atoms. The summed E-state index contributed by atoms with van der Waals surface area (Å²) in [7, 11) is 0. The van der Waals surface area contributed by atoms with Crippen molar-refractivity contribution in [3.05, 3.63) is 78.0 Å². The number of hydrogen-bond donors (Lipinski definition) is 0. The maximum atomic E-state index is 11.2. The Hall–Kier alpha value is -2.68. The topological polar surface area (TPSA) is 34.9 Å². The summed E-state index contributed by atoms with van der Waals surface area (Å²) in [5, 5.41) is 4.55. The van der Waals surface area contributed by atoms with Crippen LogP contribution in [0.15, 0.2) is 66.9 Å². The molecule has 0 amide bonds. The van der Waals surface area contributed by atoms with Crippen molar-refractivity contribution in [2.45, 2.75) is 13.0 Å². The highest BCUT2D eigenvalue weighted by Crippen LogP contribution is 2.20. The molecule has 21 heavy (non-hydrogen) atoms. The summed E-state index contributed by atoms with van der Waals surface area (Å²) in [6, 6.07) is 20.1. The third kappa shape index (κ3) is 3.08. The van der Waals surface area contributed by atoms with Crippen LogP contribution in [0.4, 0.5) is 0 Å². The number of aldehydes is 1. The van der Waals surface area contributed by atoms with Crippen LogP contribution in [-0.4, -0.2) is 16.1 Å². The van der Waals surface area contributed by atoms with E-state index in [4.69, 9.17) is 0 Å². The zero-order valence-electron chi connectivity index (χ0n) is 11.6. The van der Waals surface area contributed by atoms with Crippen molar-refractivity contribution in [1.82, 2.24) is 9.78 Å². The molecule has 0 aliphatic heterocycles. The predicted molar refractivity (Wildman–Crippen MR) is 83.2 cm³/mol. The Bertz CT molecular complexity index is 717. The molecule has 0 saturated carbocycles. The maximum Gasteiger partial charge on any atom is 0.153 e. The minimum atomic E-state index is 0.634. The fraction of sp³-hybridized carbons (Fsp3) is 0.111. The van der Waals surface area contributed by atoms with Gasteiger partial charge in [-0.1, -0.05) is 60.7 Å². The highest BCUT2D eigenvalue weighted by molar-refractivity contribution is 5.85. The van der Waals surface area contributed by atoms with Crippen LogP contribution < -0.4 is 0 Å². The Labute approximate surface area is 123 Å². The molecule has 1 aromatic heterocycles. The fourth-order valence-electron chi connectivity index (χ4n) is 2.35. The number of carbonyl (C=O) groups is 1. The molecule has 3 nitrogen and oxygen atoms in total. The normalized spacial score (nSPS) is 10.5. The number of hydrogen-bond acceptors (Lipinski definition) is 2. The molecule has 0 saturated heterocycles. The average Bonchev–Trinajstić information content (AvgIpc) is 2.98. The largest absolute Gasteiger partial charge is 0.298 e. The first-order valence-electron chi connectivity index (χ1n) is 6.99. The standard InChI is InChI=1S/C18H16N2O/c21-14-17-13-20(12-11-15-7-3-1-4-8-15)19-18(17)16-9-5-2-6-10-16/h1-10,13-14H,11-12H2. The van der Waals surface area contributed by atoms with E-state index >= 15 is 0 Å². The number of aryl methyl sites for hydroxylation is 2. The quantitative estimate of drug-likeness (QED) is 0.667. The van der Waals surface area contributed by atoms with Gasteiger partial charge in [0.05, 0.1) is 5.56 Å². The van der Waals surface area contributed by atoms with Crippen LogP contribution in [0.2, 0.25) is 0 Å². The second kappa shape index (κ2) is 6.18. The summed E-state index contributed by atoms with van der Waals surface area (Å²) < 4.78 is 1.85. The molecule has 0 N–H and O–H groups in total. The lowest BCUT2D eigenvalue weighted by molar-refractivity contribution is 0.112. The van der Waals surface area contributed by atoms with E-state index in [1.165, 1.54) is 5.56 Å². The van der Waals surface area contributed by atoms with Gasteiger partial charge in [-0.05, 0) is 12.0 Å². The predicted octanol–water partition coefficient (Wildman–Crippen LogP) is 3.61. The molecular weight excluding hydrogens is 260 g/mol. The molecule has 0 radical (unpaired) electrons. The van der Waals surface area contributed by atoms with Crippen LogP contribution in [0, 0.1) is 0 Å². The minimum absolute atomic E-state index is 0.634. The summed E-state index contributed by atoms with van der Waals surface area (Å²) in [6.07, 6.45) is 3.58. The van der Waals surface area contributed by atoms with Crippen LogP contribution in [0.25, 0.3) is 11.3 Å². The molecule has 3 rings (SSSR count). The van der Waals surface area contributed by atoms with E-state index in [0.29, 0.717) is 5.56 Å². The number of benzene rings is 2. The van der Waals surface area contributed by atoms with Gasteiger partial charge in [0, 0.05) is 18.3 Å². The number of nitrogens with zero attached hydrogens (tertiary/aromatic N) is 2. The third-order valence-electron chi connectivity index (χ3n) is 3.44. The van der Waals surface area contributed by atoms with Crippen LogP contribution >= 0.6 is 0 Å². The monoisotopic (exact) mass is 276 g/mol. The number of carbonyl (C=O) groups excluding carboxylic acids is 1. The summed E-state index contributed by atoms with van der Waals surface area (Å²) in [5.41, 5.74) is 3.62. The van der Waals surface area contributed by atoms with Crippen molar-refractivity contribution in [3.8, 4) is 11.3 Å². The molecule has 3 heteroatoms. The van der Waals surface area contributed by atoms with Crippen molar-refractivity contribution >= 4 is 6.29 Å². The molecule has 3 aromatic rings. The summed E-state index contributed by atoms with van der Waals surface area (Å²) in [4.78, 5) is 11.2. The van der Waals surface area contributed by atoms with Crippen molar-refractivity contribution < 1.29 is 4.79 Å². The summed E-state index contributed by atoms with van der Waals surface area (Å²) in [5.74, 6) is 0. The first-order chi connectivity index (χ1) is 10.4. The minimum Gasteiger partial charge on any atom is -0.298 e. The Morgan fingerprint density at radius 3 is 2.29 bits per heavy atom. The molecule has 0 fully saturated rings. The molecule has 0 atom stereocenters. The Kier molecular flexibility index (Phi) is 3.92. The number of rotatable bonds is 5. The molecular formula is C18H16N2O. The number of aromatic nitrogens is 2. The van der Waals surface area contributed by atoms with Crippen LogP contribution in [0.1, 0.15) is 15.9 Å². The molecule has 2 aromatic carbocycles. The zero-order chi connectivity index (χ0) is 14.5. The summed E-state index contributed by atoms with van der Waals surface area (Å²) in [6.45, 7) is 0.762. The van der Waals surface area contributed by atoms with Crippen molar-refractivity contribution in [1.29, 1.82) is 0 Å². The van der Waals surface area contributed by atoms with E-state index in [1.54, 1.807) is 0 Å². The van der Waals surface area contributed by atoms with Gasteiger partial charge in [-0.2, -0.15) is 5.10 Å². The molecule has 1 heterocycles. The van der Waals surface area contributed by atoms with Gasteiger partial charge in [-0.25, -0.2) is 0 Å². The lowest BCUT2D eigenvalue weighted by atomic mass is 10.1. The highest BCUT2D eigenvalue weighted by Gasteiger charge is 2.10. The SMILES string of the molecule is O=Cc1cn(CCc2ccccc2)nc1-c1ccccc1. The molecule has 0 unspecified atom stereocenters. The Balaban J connectivity index is 1.81. The fourth-order valence-corrected chi connectivity index (χ4v) is 2.35. The van der Waals surface area contributed by atoms with Crippen molar-refractivity contribution in [3.63, 3.8) is 0 Å². The van der Waals surface area contributed by atoms with Gasteiger partial charge in [-0.15, -0.1) is 0 Å². The van der Waals surface area contributed by atoms with Gasteiger partial charge in [0.2, 0.25) is 0 Å². The van der Waals surface area contributed by atoms with Gasteiger partial charge in [0.15, 0.2) is 6.29 Å². The molecule has 0 bridgehead atoms. The molecule has 0 aliphatic rings. The van der Waals surface area contributed by atoms with E-state index in [0.717, 1.165) is 30.5 Å². The van der Waals surface area contributed by atoms with Gasteiger partial charge < -0.3 is 0 Å². The lowest BCUT2D eigenvalue weighted by Gasteiger charge is -2.02. The highest BCUT2D eigenvalue weighted by atomic mass is 16.1. The second-order valence-electron chi connectivity index (χ2n) is 4.92. The van der Waals surface area contributed by atoms with Gasteiger partial charge in [-0.3, -0.25) is 9.48 Å². The van der Waals surface area contributed by atoms with Crippen molar-refractivity contribution in [2.24, 2.45) is 0 Å². The van der Waals surface area contributed by atoms with E-state index in [1.807, 2.05) is 59.4 Å². The van der Waals surface area contributed by atoms with E-state index in [-0.39, 0.29) is 0 Å². The lowest BCUT2D eigenvalue weighted by Crippen LogP contribution is -2.01. The first-order valence-corrected chi connectivity index (χ1v) is 6.99.